The summed E-state index contributed by atoms with van der Waals surface area (Å²) < 4.78 is 12.1. The summed E-state index contributed by atoms with van der Waals surface area (Å²) >= 11 is 0. The van der Waals surface area contributed by atoms with Crippen LogP contribution in [0.4, 0.5) is 0 Å². The molecule has 98 valence electrons. The number of nitrogens with zero attached hydrogens (tertiary/aromatic N) is 1. The molecule has 3 atom stereocenters. The van der Waals surface area contributed by atoms with Crippen LogP contribution in [-0.2, 0) is 9.47 Å². The SMILES string of the molecule is C[C@H]1C(C#N)=CC[C@]2(C)[C@H]1CCCC21OCCO1. The smallest absolute Gasteiger partial charge is 0.174 e. The van der Waals surface area contributed by atoms with Crippen LogP contribution >= 0.6 is 0 Å². The lowest BCUT2D eigenvalue weighted by Crippen LogP contribution is -2.57. The molecule has 1 heterocycles. The van der Waals surface area contributed by atoms with Crippen LogP contribution < -0.4 is 0 Å². The number of allylic oxidation sites excluding steroid dienone is 2. The molecule has 1 aliphatic heterocycles. The Morgan fingerprint density at radius 3 is 2.78 bits per heavy atom. The Kier molecular flexibility index (Phi) is 2.76. The predicted octanol–water partition coefficient (Wildman–Crippen LogP) is 3.03. The van der Waals surface area contributed by atoms with Crippen molar-refractivity contribution in [1.82, 2.24) is 0 Å². The fourth-order valence-electron chi connectivity index (χ4n) is 4.35. The molecule has 2 fully saturated rings. The maximum atomic E-state index is 9.21. The molecular formula is C15H21NO2. The summed E-state index contributed by atoms with van der Waals surface area (Å²) in [7, 11) is 0. The van der Waals surface area contributed by atoms with Crippen LogP contribution in [0.15, 0.2) is 11.6 Å². The maximum absolute atomic E-state index is 9.21. The average Bonchev–Trinajstić information content (AvgIpc) is 2.83. The summed E-state index contributed by atoms with van der Waals surface area (Å²) in [5.74, 6) is 0.449. The van der Waals surface area contributed by atoms with Gasteiger partial charge in [-0.1, -0.05) is 19.9 Å². The van der Waals surface area contributed by atoms with Crippen LogP contribution in [-0.4, -0.2) is 19.0 Å². The monoisotopic (exact) mass is 247 g/mol. The quantitative estimate of drug-likeness (QED) is 0.660. The van der Waals surface area contributed by atoms with Gasteiger partial charge in [-0.2, -0.15) is 5.26 Å². The molecule has 0 bridgehead atoms. The Hall–Kier alpha value is -0.850. The van der Waals surface area contributed by atoms with Gasteiger partial charge in [0, 0.05) is 17.4 Å². The van der Waals surface area contributed by atoms with Crippen molar-refractivity contribution in [1.29, 1.82) is 5.26 Å². The first-order chi connectivity index (χ1) is 8.63. The lowest BCUT2D eigenvalue weighted by atomic mass is 9.54. The molecule has 0 aromatic rings. The highest BCUT2D eigenvalue weighted by Crippen LogP contribution is 2.59. The van der Waals surface area contributed by atoms with Crippen molar-refractivity contribution in [3.63, 3.8) is 0 Å². The Bertz CT molecular complexity index is 417. The highest BCUT2D eigenvalue weighted by atomic mass is 16.7. The van der Waals surface area contributed by atoms with E-state index in [0.29, 0.717) is 25.0 Å². The number of fused-ring (bicyclic) bond motifs is 2. The van der Waals surface area contributed by atoms with Crippen LogP contribution in [0.1, 0.15) is 39.5 Å². The second kappa shape index (κ2) is 4.08. The van der Waals surface area contributed by atoms with E-state index >= 15 is 0 Å². The normalized spacial score (nSPS) is 42.2. The predicted molar refractivity (Wildman–Crippen MR) is 67.6 cm³/mol. The van der Waals surface area contributed by atoms with E-state index in [4.69, 9.17) is 9.47 Å². The van der Waals surface area contributed by atoms with Gasteiger partial charge in [0.2, 0.25) is 0 Å². The molecule has 0 aromatic carbocycles. The molecule has 1 saturated carbocycles. The summed E-state index contributed by atoms with van der Waals surface area (Å²) in [6.07, 6.45) is 6.35. The summed E-state index contributed by atoms with van der Waals surface area (Å²) in [4.78, 5) is 0. The number of hydrogen-bond donors (Lipinski definition) is 0. The van der Waals surface area contributed by atoms with E-state index in [1.165, 1.54) is 6.42 Å². The zero-order valence-electron chi connectivity index (χ0n) is 11.2. The third kappa shape index (κ3) is 1.42. The molecule has 18 heavy (non-hydrogen) atoms. The Labute approximate surface area is 109 Å². The Morgan fingerprint density at radius 1 is 1.39 bits per heavy atom. The van der Waals surface area contributed by atoms with Crippen molar-refractivity contribution < 1.29 is 9.47 Å². The molecule has 0 N–H and O–H groups in total. The summed E-state index contributed by atoms with van der Waals surface area (Å²) in [6.45, 7) is 5.91. The van der Waals surface area contributed by atoms with Gasteiger partial charge in [-0.05, 0) is 31.1 Å². The van der Waals surface area contributed by atoms with Crippen LogP contribution in [0.25, 0.3) is 0 Å². The van der Waals surface area contributed by atoms with Gasteiger partial charge in [0.15, 0.2) is 5.79 Å². The van der Waals surface area contributed by atoms with Crippen molar-refractivity contribution >= 4 is 0 Å². The molecule has 1 saturated heterocycles. The van der Waals surface area contributed by atoms with Crippen molar-refractivity contribution in [2.24, 2.45) is 17.3 Å². The third-order valence-corrected chi connectivity index (χ3v) is 5.43. The number of nitriles is 1. The standard InChI is InChI=1S/C15H21NO2/c1-11-12(10-16)5-7-14(2)13(11)4-3-6-15(14)17-8-9-18-15/h5,11,13H,3-4,6-9H2,1-2H3/t11-,13-,14+/m0/s1. The minimum atomic E-state index is -0.387. The molecule has 2 aliphatic carbocycles. The fourth-order valence-corrected chi connectivity index (χ4v) is 4.35. The van der Waals surface area contributed by atoms with Crippen LogP contribution in [0.3, 0.4) is 0 Å². The Balaban J connectivity index is 2.01. The van der Waals surface area contributed by atoms with Crippen LogP contribution in [0, 0.1) is 28.6 Å². The second-order valence-electron chi connectivity index (χ2n) is 6.13. The van der Waals surface area contributed by atoms with Gasteiger partial charge in [0.1, 0.15) is 0 Å². The van der Waals surface area contributed by atoms with Crippen molar-refractivity contribution in [2.45, 2.75) is 45.3 Å². The molecule has 0 amide bonds. The average molecular weight is 247 g/mol. The van der Waals surface area contributed by atoms with Gasteiger partial charge in [0.05, 0.1) is 19.3 Å². The van der Waals surface area contributed by atoms with Gasteiger partial charge in [0.25, 0.3) is 0 Å². The van der Waals surface area contributed by atoms with E-state index < -0.39 is 0 Å². The van der Waals surface area contributed by atoms with Crippen molar-refractivity contribution in [2.75, 3.05) is 13.2 Å². The molecule has 3 nitrogen and oxygen atoms in total. The summed E-state index contributed by atoms with van der Waals surface area (Å²) in [5.41, 5.74) is 0.981. The Morgan fingerprint density at radius 2 is 2.11 bits per heavy atom. The largest absolute Gasteiger partial charge is 0.347 e. The van der Waals surface area contributed by atoms with E-state index in [1.54, 1.807) is 0 Å². The molecule has 0 radical (unpaired) electrons. The van der Waals surface area contributed by atoms with E-state index in [-0.39, 0.29) is 11.2 Å². The fraction of sp³-hybridized carbons (Fsp3) is 0.800. The van der Waals surface area contributed by atoms with Gasteiger partial charge in [-0.25, -0.2) is 0 Å². The zero-order valence-corrected chi connectivity index (χ0v) is 11.2. The molecule has 3 rings (SSSR count). The lowest BCUT2D eigenvalue weighted by molar-refractivity contribution is -0.272. The van der Waals surface area contributed by atoms with Crippen molar-refractivity contribution in [3.8, 4) is 6.07 Å². The van der Waals surface area contributed by atoms with Gasteiger partial charge in [-0.3, -0.25) is 0 Å². The lowest BCUT2D eigenvalue weighted by Gasteiger charge is -2.55. The molecule has 3 heteroatoms. The highest BCUT2D eigenvalue weighted by Gasteiger charge is 2.60. The third-order valence-electron chi connectivity index (χ3n) is 5.43. The molecule has 1 spiro atoms. The highest BCUT2D eigenvalue weighted by molar-refractivity contribution is 5.29. The minimum Gasteiger partial charge on any atom is -0.347 e. The van der Waals surface area contributed by atoms with E-state index in [0.717, 1.165) is 24.8 Å². The minimum absolute atomic E-state index is 0.0293. The van der Waals surface area contributed by atoms with E-state index in [1.807, 2.05) is 0 Å². The zero-order chi connectivity index (χ0) is 12.8. The van der Waals surface area contributed by atoms with E-state index in [2.05, 4.69) is 26.0 Å². The second-order valence-corrected chi connectivity index (χ2v) is 6.13. The number of rotatable bonds is 0. The number of ether oxygens (including phenoxy) is 2. The molecule has 0 aromatic heterocycles. The van der Waals surface area contributed by atoms with E-state index in [9.17, 15) is 5.26 Å². The first-order valence-corrected chi connectivity index (χ1v) is 7.01. The first kappa shape index (κ1) is 12.2. The topological polar surface area (TPSA) is 42.2 Å². The molecule has 3 aliphatic rings. The number of hydrogen-bond acceptors (Lipinski definition) is 3. The molecule has 0 unspecified atom stereocenters. The maximum Gasteiger partial charge on any atom is 0.174 e. The van der Waals surface area contributed by atoms with Crippen LogP contribution in [0.2, 0.25) is 0 Å². The van der Waals surface area contributed by atoms with Crippen molar-refractivity contribution in [3.05, 3.63) is 11.6 Å². The van der Waals surface area contributed by atoms with Gasteiger partial charge < -0.3 is 9.47 Å². The van der Waals surface area contributed by atoms with Crippen LogP contribution in [0.5, 0.6) is 0 Å². The van der Waals surface area contributed by atoms with Gasteiger partial charge in [-0.15, -0.1) is 0 Å². The summed E-state index contributed by atoms with van der Waals surface area (Å²) in [5, 5.41) is 9.21. The summed E-state index contributed by atoms with van der Waals surface area (Å²) in [6, 6.07) is 2.36. The first-order valence-electron chi connectivity index (χ1n) is 7.01. The van der Waals surface area contributed by atoms with Gasteiger partial charge >= 0.3 is 0 Å². The molecular weight excluding hydrogens is 226 g/mol.